The van der Waals surface area contributed by atoms with Gasteiger partial charge >= 0.3 is 0 Å². The minimum atomic E-state index is -0.480. The van der Waals surface area contributed by atoms with Crippen molar-refractivity contribution in [2.24, 2.45) is 0 Å². The first kappa shape index (κ1) is 14.2. The van der Waals surface area contributed by atoms with Crippen molar-refractivity contribution in [3.63, 3.8) is 0 Å². The number of ether oxygens (including phenoxy) is 1. The zero-order valence-corrected chi connectivity index (χ0v) is 11.9. The van der Waals surface area contributed by atoms with E-state index in [1.165, 1.54) is 0 Å². The van der Waals surface area contributed by atoms with Crippen LogP contribution in [0.3, 0.4) is 0 Å². The van der Waals surface area contributed by atoms with Gasteiger partial charge < -0.3 is 9.84 Å². The normalized spacial score (nSPS) is 12.2. The largest absolute Gasteiger partial charge is 0.489 e. The van der Waals surface area contributed by atoms with Crippen LogP contribution in [0.2, 0.25) is 10.0 Å². The van der Waals surface area contributed by atoms with Crippen molar-refractivity contribution in [2.75, 3.05) is 0 Å². The van der Waals surface area contributed by atoms with Crippen LogP contribution in [0.15, 0.2) is 42.5 Å². The molecule has 0 unspecified atom stereocenters. The molecule has 1 atom stereocenters. The summed E-state index contributed by atoms with van der Waals surface area (Å²) >= 11 is 12.1. The molecule has 100 valence electrons. The lowest BCUT2D eigenvalue weighted by molar-refractivity contribution is 0.199. The van der Waals surface area contributed by atoms with Crippen LogP contribution in [-0.4, -0.2) is 5.11 Å². The van der Waals surface area contributed by atoms with E-state index in [-0.39, 0.29) is 0 Å². The van der Waals surface area contributed by atoms with Gasteiger partial charge in [0.15, 0.2) is 0 Å². The summed E-state index contributed by atoms with van der Waals surface area (Å²) in [6, 6.07) is 12.6. The van der Waals surface area contributed by atoms with Gasteiger partial charge in [-0.1, -0.05) is 41.4 Å². The number of aliphatic hydroxyl groups is 1. The van der Waals surface area contributed by atoms with E-state index in [9.17, 15) is 5.11 Å². The van der Waals surface area contributed by atoms with Gasteiger partial charge in [-0.2, -0.15) is 0 Å². The molecule has 0 saturated carbocycles. The summed E-state index contributed by atoms with van der Waals surface area (Å²) in [6.45, 7) is 2.03. The Morgan fingerprint density at radius 2 is 1.63 bits per heavy atom. The molecule has 0 radical (unpaired) electrons. The van der Waals surface area contributed by atoms with Gasteiger partial charge in [0.1, 0.15) is 12.4 Å². The van der Waals surface area contributed by atoms with Crippen molar-refractivity contribution in [1.82, 2.24) is 0 Å². The summed E-state index contributed by atoms with van der Waals surface area (Å²) in [7, 11) is 0. The molecule has 2 nitrogen and oxygen atoms in total. The number of aliphatic hydroxyl groups excluding tert-OH is 1. The van der Waals surface area contributed by atoms with E-state index in [1.54, 1.807) is 25.1 Å². The maximum absolute atomic E-state index is 9.42. The van der Waals surface area contributed by atoms with Crippen LogP contribution >= 0.6 is 23.2 Å². The Morgan fingerprint density at radius 3 is 2.16 bits per heavy atom. The van der Waals surface area contributed by atoms with Gasteiger partial charge in [-0.05, 0) is 36.8 Å². The second-order valence-electron chi connectivity index (χ2n) is 4.23. The lowest BCUT2D eigenvalue weighted by Crippen LogP contribution is -1.98. The van der Waals surface area contributed by atoms with E-state index in [1.807, 2.05) is 24.3 Å². The second kappa shape index (κ2) is 6.29. The van der Waals surface area contributed by atoms with Crippen LogP contribution < -0.4 is 4.74 Å². The van der Waals surface area contributed by atoms with Crippen LogP contribution in [0.5, 0.6) is 5.75 Å². The molecule has 0 aliphatic heterocycles. The highest BCUT2D eigenvalue weighted by molar-refractivity contribution is 6.35. The van der Waals surface area contributed by atoms with Crippen LogP contribution in [-0.2, 0) is 6.61 Å². The zero-order chi connectivity index (χ0) is 13.8. The Hall–Kier alpha value is -1.22. The molecule has 2 rings (SSSR count). The molecule has 4 heteroatoms. The third kappa shape index (κ3) is 3.63. The summed E-state index contributed by atoms with van der Waals surface area (Å²) in [6.07, 6.45) is -0.480. The Kier molecular flexibility index (Phi) is 4.70. The van der Waals surface area contributed by atoms with Crippen molar-refractivity contribution >= 4 is 23.2 Å². The van der Waals surface area contributed by atoms with Crippen molar-refractivity contribution in [2.45, 2.75) is 19.6 Å². The molecule has 0 heterocycles. The Bertz CT molecular complexity index is 530. The Morgan fingerprint density at radius 1 is 1.05 bits per heavy atom. The summed E-state index contributed by atoms with van der Waals surface area (Å²) in [4.78, 5) is 0. The molecule has 19 heavy (non-hydrogen) atoms. The highest BCUT2D eigenvalue weighted by Gasteiger charge is 2.06. The number of benzene rings is 2. The van der Waals surface area contributed by atoms with Gasteiger partial charge in [0.25, 0.3) is 0 Å². The first-order valence-electron chi connectivity index (χ1n) is 5.91. The first-order chi connectivity index (χ1) is 9.08. The molecule has 0 aliphatic carbocycles. The predicted octanol–water partition coefficient (Wildman–Crippen LogP) is 4.63. The molecule has 0 saturated heterocycles. The van der Waals surface area contributed by atoms with Crippen LogP contribution in [0.25, 0.3) is 0 Å². The standard InChI is InChI=1S/C15H14Cl2O2/c1-10(18)11-5-7-12(8-6-11)19-9-13-14(16)3-2-4-15(13)17/h2-8,10,18H,9H2,1H3/t10-/m0/s1. The van der Waals surface area contributed by atoms with E-state index < -0.39 is 6.10 Å². The summed E-state index contributed by atoms with van der Waals surface area (Å²) in [5.74, 6) is 0.709. The summed E-state index contributed by atoms with van der Waals surface area (Å²) in [5, 5.41) is 10.6. The molecular weight excluding hydrogens is 283 g/mol. The van der Waals surface area contributed by atoms with Crippen LogP contribution in [0, 0.1) is 0 Å². The van der Waals surface area contributed by atoms with Crippen molar-refractivity contribution in [3.05, 3.63) is 63.6 Å². The summed E-state index contributed by atoms with van der Waals surface area (Å²) < 4.78 is 5.64. The highest BCUT2D eigenvalue weighted by Crippen LogP contribution is 2.26. The van der Waals surface area contributed by atoms with Gasteiger partial charge in [0.2, 0.25) is 0 Å². The number of rotatable bonds is 4. The third-order valence-electron chi connectivity index (χ3n) is 2.81. The monoisotopic (exact) mass is 296 g/mol. The van der Waals surface area contributed by atoms with Gasteiger partial charge in [-0.25, -0.2) is 0 Å². The fraction of sp³-hybridized carbons (Fsp3) is 0.200. The van der Waals surface area contributed by atoms with E-state index in [0.29, 0.717) is 22.4 Å². The van der Waals surface area contributed by atoms with Gasteiger partial charge in [0, 0.05) is 15.6 Å². The number of halogens is 2. The molecular formula is C15H14Cl2O2. The van der Waals surface area contributed by atoms with Crippen molar-refractivity contribution < 1.29 is 9.84 Å². The van der Waals surface area contributed by atoms with Crippen LogP contribution in [0.1, 0.15) is 24.2 Å². The smallest absolute Gasteiger partial charge is 0.119 e. The minimum absolute atomic E-state index is 0.312. The first-order valence-corrected chi connectivity index (χ1v) is 6.67. The van der Waals surface area contributed by atoms with Gasteiger partial charge in [-0.3, -0.25) is 0 Å². The van der Waals surface area contributed by atoms with E-state index >= 15 is 0 Å². The average molecular weight is 297 g/mol. The highest BCUT2D eigenvalue weighted by atomic mass is 35.5. The predicted molar refractivity (Wildman–Crippen MR) is 77.9 cm³/mol. The van der Waals surface area contributed by atoms with Crippen molar-refractivity contribution in [1.29, 1.82) is 0 Å². The van der Waals surface area contributed by atoms with Gasteiger partial charge in [0.05, 0.1) is 6.10 Å². The molecule has 0 fully saturated rings. The van der Waals surface area contributed by atoms with Crippen molar-refractivity contribution in [3.8, 4) is 5.75 Å². The quantitative estimate of drug-likeness (QED) is 0.891. The van der Waals surface area contributed by atoms with Crippen LogP contribution in [0.4, 0.5) is 0 Å². The fourth-order valence-electron chi connectivity index (χ4n) is 1.67. The van der Waals surface area contributed by atoms with Gasteiger partial charge in [-0.15, -0.1) is 0 Å². The Balaban J connectivity index is 2.06. The molecule has 0 aromatic heterocycles. The number of hydrogen-bond donors (Lipinski definition) is 1. The zero-order valence-electron chi connectivity index (χ0n) is 10.4. The lowest BCUT2D eigenvalue weighted by Gasteiger charge is -2.10. The molecule has 2 aromatic rings. The number of hydrogen-bond acceptors (Lipinski definition) is 2. The molecule has 0 aliphatic rings. The van der Waals surface area contributed by atoms with E-state index in [0.717, 1.165) is 11.1 Å². The average Bonchev–Trinajstić information content (AvgIpc) is 2.38. The maximum atomic E-state index is 9.42. The minimum Gasteiger partial charge on any atom is -0.489 e. The third-order valence-corrected chi connectivity index (χ3v) is 3.52. The topological polar surface area (TPSA) is 29.5 Å². The Labute approximate surface area is 122 Å². The molecule has 0 bridgehead atoms. The SMILES string of the molecule is C[C@H](O)c1ccc(OCc2c(Cl)cccc2Cl)cc1. The summed E-state index contributed by atoms with van der Waals surface area (Å²) in [5.41, 5.74) is 1.62. The second-order valence-corrected chi connectivity index (χ2v) is 5.05. The van der Waals surface area contributed by atoms with E-state index in [2.05, 4.69) is 0 Å². The maximum Gasteiger partial charge on any atom is 0.119 e. The molecule has 2 aromatic carbocycles. The molecule has 1 N–H and O–H groups in total. The fourth-order valence-corrected chi connectivity index (χ4v) is 2.17. The molecule has 0 spiro atoms. The lowest BCUT2D eigenvalue weighted by atomic mass is 10.1. The molecule has 0 amide bonds. The van der Waals surface area contributed by atoms with E-state index in [4.69, 9.17) is 27.9 Å².